The fourth-order valence-corrected chi connectivity index (χ4v) is 3.05. The number of amides is 1. The van der Waals surface area contributed by atoms with Gasteiger partial charge >= 0.3 is 6.09 Å². The molecule has 1 aromatic carbocycles. The first-order valence-corrected chi connectivity index (χ1v) is 9.11. The molecule has 0 aliphatic carbocycles. The van der Waals surface area contributed by atoms with Crippen molar-refractivity contribution in [1.29, 1.82) is 0 Å². The van der Waals surface area contributed by atoms with Crippen molar-refractivity contribution >= 4 is 6.09 Å². The fraction of sp³-hybridized carbons (Fsp3) is 0.650. The van der Waals surface area contributed by atoms with E-state index in [1.807, 2.05) is 25.7 Å². The van der Waals surface area contributed by atoms with E-state index < -0.39 is 5.60 Å². The number of nitrogens with zero attached hydrogens (tertiary/aromatic N) is 1. The molecule has 1 fully saturated rings. The first-order valence-electron chi connectivity index (χ1n) is 9.11. The maximum Gasteiger partial charge on any atom is 0.410 e. The number of hydrogen-bond donors (Lipinski definition) is 1. The Labute approximate surface area is 146 Å². The molecule has 1 aliphatic rings. The zero-order valence-electron chi connectivity index (χ0n) is 15.8. The molecular formula is C20H32N2O2. The Bertz CT molecular complexity index is 526. The van der Waals surface area contributed by atoms with Gasteiger partial charge in [0.25, 0.3) is 0 Å². The number of nitrogens with one attached hydrogen (secondary N) is 1. The quantitative estimate of drug-likeness (QED) is 0.894. The van der Waals surface area contributed by atoms with Gasteiger partial charge in [0.05, 0.1) is 0 Å². The third-order valence-electron chi connectivity index (χ3n) is 4.52. The summed E-state index contributed by atoms with van der Waals surface area (Å²) < 4.78 is 5.45. The number of benzene rings is 1. The van der Waals surface area contributed by atoms with Crippen LogP contribution in [0.25, 0.3) is 0 Å². The van der Waals surface area contributed by atoms with Crippen LogP contribution in [0.15, 0.2) is 24.3 Å². The zero-order valence-corrected chi connectivity index (χ0v) is 15.8. The summed E-state index contributed by atoms with van der Waals surface area (Å²) in [6, 6.07) is 9.62. The summed E-state index contributed by atoms with van der Waals surface area (Å²) in [5.74, 6) is 0. The van der Waals surface area contributed by atoms with E-state index in [2.05, 4.69) is 43.4 Å². The van der Waals surface area contributed by atoms with E-state index in [1.165, 1.54) is 11.1 Å². The molecule has 1 aromatic rings. The minimum Gasteiger partial charge on any atom is -0.444 e. The van der Waals surface area contributed by atoms with Gasteiger partial charge in [-0.25, -0.2) is 4.79 Å². The van der Waals surface area contributed by atoms with E-state index in [9.17, 15) is 4.79 Å². The lowest BCUT2D eigenvalue weighted by molar-refractivity contribution is 0.0196. The van der Waals surface area contributed by atoms with Gasteiger partial charge in [0, 0.05) is 25.2 Å². The molecule has 1 heterocycles. The molecule has 1 saturated heterocycles. The maximum absolute atomic E-state index is 12.1. The minimum atomic E-state index is -0.425. The maximum atomic E-state index is 12.1. The largest absolute Gasteiger partial charge is 0.444 e. The summed E-state index contributed by atoms with van der Waals surface area (Å²) in [5.41, 5.74) is 2.27. The summed E-state index contributed by atoms with van der Waals surface area (Å²) in [5, 5.41) is 3.70. The standard InChI is InChI=1S/C20H32N2O2/c1-6-16-7-9-17(10-8-16)15(2)21-18-11-13-22(14-12-18)19(23)24-20(3,4)5/h7-10,15,18,21H,6,11-14H2,1-5H3. The molecule has 0 saturated carbocycles. The van der Waals surface area contributed by atoms with E-state index in [0.717, 1.165) is 32.4 Å². The normalized spacial score (nSPS) is 17.6. The van der Waals surface area contributed by atoms with E-state index in [0.29, 0.717) is 12.1 Å². The summed E-state index contributed by atoms with van der Waals surface area (Å²) in [6.45, 7) is 11.6. The van der Waals surface area contributed by atoms with E-state index in [1.54, 1.807) is 0 Å². The first kappa shape index (κ1) is 18.8. The van der Waals surface area contributed by atoms with E-state index in [4.69, 9.17) is 4.74 Å². The van der Waals surface area contributed by atoms with Crippen LogP contribution in [0.4, 0.5) is 4.79 Å². The molecule has 0 spiro atoms. The second-order valence-electron chi connectivity index (χ2n) is 7.73. The topological polar surface area (TPSA) is 41.6 Å². The lowest BCUT2D eigenvalue weighted by atomic mass is 10.0. The number of likely N-dealkylation sites (tertiary alicyclic amines) is 1. The van der Waals surface area contributed by atoms with Gasteiger partial charge in [-0.2, -0.15) is 0 Å². The second kappa shape index (κ2) is 8.02. The van der Waals surface area contributed by atoms with Gasteiger partial charge in [-0.3, -0.25) is 0 Å². The Kier molecular flexibility index (Phi) is 6.27. The third kappa shape index (κ3) is 5.52. The smallest absolute Gasteiger partial charge is 0.410 e. The van der Waals surface area contributed by atoms with Crippen molar-refractivity contribution in [3.05, 3.63) is 35.4 Å². The zero-order chi connectivity index (χ0) is 17.7. The van der Waals surface area contributed by atoms with Crippen molar-refractivity contribution in [1.82, 2.24) is 10.2 Å². The molecule has 0 aromatic heterocycles. The molecule has 1 amide bonds. The lowest BCUT2D eigenvalue weighted by Gasteiger charge is -2.35. The number of rotatable bonds is 4. The van der Waals surface area contributed by atoms with Crippen LogP contribution in [0.3, 0.4) is 0 Å². The summed E-state index contributed by atoms with van der Waals surface area (Å²) >= 11 is 0. The van der Waals surface area contributed by atoms with Crippen molar-refractivity contribution in [2.45, 2.75) is 71.6 Å². The van der Waals surface area contributed by atoms with Gasteiger partial charge in [0.15, 0.2) is 0 Å². The highest BCUT2D eigenvalue weighted by atomic mass is 16.6. The van der Waals surface area contributed by atoms with Crippen LogP contribution in [0.1, 0.15) is 64.6 Å². The molecule has 134 valence electrons. The number of hydrogen-bond acceptors (Lipinski definition) is 3. The Morgan fingerprint density at radius 2 is 1.83 bits per heavy atom. The number of carbonyl (C=O) groups is 1. The van der Waals surface area contributed by atoms with Crippen LogP contribution >= 0.6 is 0 Å². The van der Waals surface area contributed by atoms with E-state index in [-0.39, 0.29) is 6.09 Å². The predicted octanol–water partition coefficient (Wildman–Crippen LogP) is 4.30. The van der Waals surface area contributed by atoms with Crippen LogP contribution < -0.4 is 5.32 Å². The highest BCUT2D eigenvalue weighted by Crippen LogP contribution is 2.19. The fourth-order valence-electron chi connectivity index (χ4n) is 3.05. The highest BCUT2D eigenvalue weighted by Gasteiger charge is 2.27. The molecule has 24 heavy (non-hydrogen) atoms. The van der Waals surface area contributed by atoms with Crippen LogP contribution in [0, 0.1) is 0 Å². The molecule has 1 N–H and O–H groups in total. The Balaban J connectivity index is 1.80. The van der Waals surface area contributed by atoms with Gasteiger partial charge in [-0.1, -0.05) is 31.2 Å². The second-order valence-corrected chi connectivity index (χ2v) is 7.73. The lowest BCUT2D eigenvalue weighted by Crippen LogP contribution is -2.46. The molecule has 1 atom stereocenters. The van der Waals surface area contributed by atoms with Crippen molar-refractivity contribution < 1.29 is 9.53 Å². The van der Waals surface area contributed by atoms with Crippen LogP contribution in [0.2, 0.25) is 0 Å². The molecule has 4 heteroatoms. The Hall–Kier alpha value is -1.55. The van der Waals surface area contributed by atoms with Crippen LogP contribution in [-0.4, -0.2) is 35.7 Å². The van der Waals surface area contributed by atoms with Crippen molar-refractivity contribution in [2.24, 2.45) is 0 Å². The molecule has 0 bridgehead atoms. The first-order chi connectivity index (χ1) is 11.3. The highest BCUT2D eigenvalue weighted by molar-refractivity contribution is 5.68. The van der Waals surface area contributed by atoms with Crippen LogP contribution in [-0.2, 0) is 11.2 Å². The summed E-state index contributed by atoms with van der Waals surface area (Å²) in [7, 11) is 0. The number of piperidine rings is 1. The molecule has 0 radical (unpaired) electrons. The third-order valence-corrected chi connectivity index (χ3v) is 4.52. The van der Waals surface area contributed by atoms with Crippen molar-refractivity contribution in [3.63, 3.8) is 0 Å². The van der Waals surface area contributed by atoms with Gasteiger partial charge in [0.1, 0.15) is 5.60 Å². The Morgan fingerprint density at radius 1 is 1.25 bits per heavy atom. The average molecular weight is 332 g/mol. The minimum absolute atomic E-state index is 0.191. The van der Waals surface area contributed by atoms with Crippen molar-refractivity contribution in [2.75, 3.05) is 13.1 Å². The number of carbonyl (C=O) groups excluding carboxylic acids is 1. The predicted molar refractivity (Wildman–Crippen MR) is 98.2 cm³/mol. The summed E-state index contributed by atoms with van der Waals surface area (Å²) in [6.07, 6.45) is 2.82. The SMILES string of the molecule is CCc1ccc(C(C)NC2CCN(C(=O)OC(C)(C)C)CC2)cc1. The van der Waals surface area contributed by atoms with E-state index >= 15 is 0 Å². The van der Waals surface area contributed by atoms with Gasteiger partial charge < -0.3 is 15.0 Å². The Morgan fingerprint density at radius 3 is 2.33 bits per heavy atom. The number of aryl methyl sites for hydroxylation is 1. The molecular weight excluding hydrogens is 300 g/mol. The molecule has 1 aliphatic heterocycles. The molecule has 4 nitrogen and oxygen atoms in total. The molecule has 1 unspecified atom stereocenters. The van der Waals surface area contributed by atoms with Crippen LogP contribution in [0.5, 0.6) is 0 Å². The molecule has 2 rings (SSSR count). The van der Waals surface area contributed by atoms with Gasteiger partial charge in [0.2, 0.25) is 0 Å². The summed E-state index contributed by atoms with van der Waals surface area (Å²) in [4.78, 5) is 13.9. The van der Waals surface area contributed by atoms with Crippen molar-refractivity contribution in [3.8, 4) is 0 Å². The van der Waals surface area contributed by atoms with Gasteiger partial charge in [-0.15, -0.1) is 0 Å². The monoisotopic (exact) mass is 332 g/mol. The number of ether oxygens (including phenoxy) is 1. The van der Waals surface area contributed by atoms with Gasteiger partial charge in [-0.05, 0) is 58.1 Å². The average Bonchev–Trinajstić information content (AvgIpc) is 2.54.